The molecule has 0 unspecified atom stereocenters. The number of piperazine rings is 1. The molecular formula is C24H30F3N3O2. The molecule has 1 aliphatic rings. The Hall–Kier alpha value is -2.61. The Morgan fingerprint density at radius 2 is 2.00 bits per heavy atom. The first kappa shape index (κ1) is 24.0. The van der Waals surface area contributed by atoms with Gasteiger partial charge < -0.3 is 9.64 Å². The fourth-order valence-electron chi connectivity index (χ4n) is 4.22. The second-order valence-electron chi connectivity index (χ2n) is 8.75. The number of aromatic nitrogens is 1. The van der Waals surface area contributed by atoms with Crippen LogP contribution in [-0.2, 0) is 17.5 Å². The largest absolute Gasteiger partial charge is 0.486 e. The van der Waals surface area contributed by atoms with Crippen molar-refractivity contribution in [3.63, 3.8) is 0 Å². The van der Waals surface area contributed by atoms with Crippen molar-refractivity contribution < 1.29 is 22.7 Å². The number of hydrogen-bond donors (Lipinski definition) is 0. The molecule has 0 amide bonds. The molecule has 8 heteroatoms. The van der Waals surface area contributed by atoms with Gasteiger partial charge in [-0.15, -0.1) is 0 Å². The Morgan fingerprint density at radius 1 is 1.22 bits per heavy atom. The Morgan fingerprint density at radius 3 is 2.62 bits per heavy atom. The summed E-state index contributed by atoms with van der Waals surface area (Å²) in [7, 11) is 0. The van der Waals surface area contributed by atoms with Crippen molar-refractivity contribution in [3.8, 4) is 5.75 Å². The van der Waals surface area contributed by atoms with E-state index >= 15 is 0 Å². The summed E-state index contributed by atoms with van der Waals surface area (Å²) in [4.78, 5) is 19.2. The highest BCUT2D eigenvalue weighted by atomic mass is 19.4. The summed E-state index contributed by atoms with van der Waals surface area (Å²) in [5.41, 5.74) is 1.44. The lowest BCUT2D eigenvalue weighted by Gasteiger charge is -2.43. The summed E-state index contributed by atoms with van der Waals surface area (Å²) >= 11 is 0. The third-order valence-electron chi connectivity index (χ3n) is 5.51. The molecular weight excluding hydrogens is 419 g/mol. The van der Waals surface area contributed by atoms with Crippen molar-refractivity contribution in [2.45, 2.75) is 46.0 Å². The van der Waals surface area contributed by atoms with E-state index in [1.165, 1.54) is 6.07 Å². The lowest BCUT2D eigenvalue weighted by Crippen LogP contribution is -2.53. The van der Waals surface area contributed by atoms with E-state index in [0.29, 0.717) is 24.0 Å². The first-order valence-electron chi connectivity index (χ1n) is 10.8. The van der Waals surface area contributed by atoms with E-state index in [0.717, 1.165) is 55.7 Å². The van der Waals surface area contributed by atoms with E-state index < -0.39 is 11.7 Å². The van der Waals surface area contributed by atoms with Gasteiger partial charge in [0.15, 0.2) is 6.29 Å². The van der Waals surface area contributed by atoms with Gasteiger partial charge in [-0.05, 0) is 54.7 Å². The van der Waals surface area contributed by atoms with Gasteiger partial charge in [0.05, 0.1) is 5.56 Å². The minimum absolute atomic E-state index is 0.0260. The normalized spacial score (nSPS) is 17.6. The number of carbonyl (C=O) groups is 1. The van der Waals surface area contributed by atoms with Gasteiger partial charge in [-0.1, -0.05) is 19.9 Å². The zero-order chi connectivity index (χ0) is 23.3. The Labute approximate surface area is 187 Å². The topological polar surface area (TPSA) is 45.7 Å². The van der Waals surface area contributed by atoms with Gasteiger partial charge in [0.25, 0.3) is 0 Å². The standard InChI is InChI=1S/C24H30F3N3O2/c1-17(2)10-21-16-29(15-19-11-18(3)12-22(13-19)32-9-8-31)6-7-30(21)23-5-4-20(14-28-23)24(25,26)27/h4-5,8,11-14,17,21H,6-7,9-10,15-16H2,1-3H3/t21-/m1/s1. The van der Waals surface area contributed by atoms with Gasteiger partial charge in [0.1, 0.15) is 18.2 Å². The molecule has 32 heavy (non-hydrogen) atoms. The maximum absolute atomic E-state index is 12.9. The third-order valence-corrected chi connectivity index (χ3v) is 5.51. The van der Waals surface area contributed by atoms with Crippen LogP contribution < -0.4 is 9.64 Å². The molecule has 1 saturated heterocycles. The van der Waals surface area contributed by atoms with Crippen molar-refractivity contribution in [2.75, 3.05) is 31.1 Å². The molecule has 1 aliphatic heterocycles. The summed E-state index contributed by atoms with van der Waals surface area (Å²) in [6, 6.07) is 8.71. The summed E-state index contributed by atoms with van der Waals surface area (Å²) in [5, 5.41) is 0. The van der Waals surface area contributed by atoms with Crippen molar-refractivity contribution in [3.05, 3.63) is 53.2 Å². The van der Waals surface area contributed by atoms with Gasteiger partial charge in [-0.2, -0.15) is 13.2 Å². The molecule has 1 aromatic carbocycles. The predicted molar refractivity (Wildman–Crippen MR) is 118 cm³/mol. The predicted octanol–water partition coefficient (Wildman–Crippen LogP) is 4.72. The minimum atomic E-state index is -4.39. The number of anilines is 1. The molecule has 0 saturated carbocycles. The van der Waals surface area contributed by atoms with Gasteiger partial charge in [0, 0.05) is 38.4 Å². The second kappa shape index (κ2) is 10.3. The van der Waals surface area contributed by atoms with Crippen molar-refractivity contribution in [1.29, 1.82) is 0 Å². The van der Waals surface area contributed by atoms with Gasteiger partial charge in [0.2, 0.25) is 0 Å². The van der Waals surface area contributed by atoms with Crippen molar-refractivity contribution >= 4 is 12.1 Å². The molecule has 0 bridgehead atoms. The molecule has 2 heterocycles. The molecule has 0 radical (unpaired) electrons. The van der Waals surface area contributed by atoms with E-state index in [-0.39, 0.29) is 12.6 Å². The second-order valence-corrected chi connectivity index (χ2v) is 8.75. The van der Waals surface area contributed by atoms with Crippen LogP contribution in [0, 0.1) is 12.8 Å². The van der Waals surface area contributed by atoms with Crippen LogP contribution in [0.2, 0.25) is 0 Å². The number of aryl methyl sites for hydroxylation is 1. The molecule has 5 nitrogen and oxygen atoms in total. The third kappa shape index (κ3) is 6.45. The monoisotopic (exact) mass is 449 g/mol. The van der Waals surface area contributed by atoms with Gasteiger partial charge >= 0.3 is 6.18 Å². The van der Waals surface area contributed by atoms with E-state index in [9.17, 15) is 18.0 Å². The first-order valence-corrected chi connectivity index (χ1v) is 10.8. The lowest BCUT2D eigenvalue weighted by molar-refractivity contribution is -0.137. The Bertz CT molecular complexity index is 900. The molecule has 1 aromatic heterocycles. The molecule has 0 N–H and O–H groups in total. The number of rotatable bonds is 8. The number of nitrogens with zero attached hydrogens (tertiary/aromatic N) is 3. The minimum Gasteiger partial charge on any atom is -0.486 e. The summed E-state index contributed by atoms with van der Waals surface area (Å²) < 4.78 is 44.2. The van der Waals surface area contributed by atoms with Gasteiger partial charge in [-0.3, -0.25) is 9.69 Å². The maximum Gasteiger partial charge on any atom is 0.417 e. The van der Waals surface area contributed by atoms with Crippen LogP contribution in [0.3, 0.4) is 0 Å². The smallest absolute Gasteiger partial charge is 0.417 e. The number of halogens is 3. The quantitative estimate of drug-likeness (QED) is 0.546. The first-order chi connectivity index (χ1) is 15.2. The number of benzene rings is 1. The number of pyridine rings is 1. The maximum atomic E-state index is 12.9. The zero-order valence-corrected chi connectivity index (χ0v) is 18.7. The molecule has 1 fully saturated rings. The Balaban J connectivity index is 1.73. The molecule has 0 aliphatic carbocycles. The number of ether oxygens (including phenoxy) is 1. The van der Waals surface area contributed by atoms with Crippen LogP contribution in [0.25, 0.3) is 0 Å². The molecule has 174 valence electrons. The average molecular weight is 450 g/mol. The summed E-state index contributed by atoms with van der Waals surface area (Å²) in [6.07, 6.45) is -1.82. The van der Waals surface area contributed by atoms with Crippen LogP contribution in [0.4, 0.5) is 19.0 Å². The molecule has 2 aromatic rings. The van der Waals surface area contributed by atoms with E-state index in [1.54, 1.807) is 0 Å². The van der Waals surface area contributed by atoms with Crippen LogP contribution in [-0.4, -0.2) is 48.5 Å². The van der Waals surface area contributed by atoms with E-state index in [4.69, 9.17) is 4.74 Å². The molecule has 0 spiro atoms. The highest BCUT2D eigenvalue weighted by molar-refractivity contribution is 5.51. The van der Waals surface area contributed by atoms with E-state index in [2.05, 4.69) is 34.7 Å². The fourth-order valence-corrected chi connectivity index (χ4v) is 4.22. The average Bonchev–Trinajstić information content (AvgIpc) is 2.71. The number of alkyl halides is 3. The van der Waals surface area contributed by atoms with Crippen LogP contribution in [0.1, 0.15) is 37.0 Å². The number of aldehydes is 1. The molecule has 3 rings (SSSR count). The zero-order valence-electron chi connectivity index (χ0n) is 18.7. The lowest BCUT2D eigenvalue weighted by atomic mass is 9.99. The Kier molecular flexibility index (Phi) is 7.77. The van der Waals surface area contributed by atoms with Crippen LogP contribution in [0.5, 0.6) is 5.75 Å². The SMILES string of the molecule is Cc1cc(CN2CCN(c3ccc(C(F)(F)F)cn3)[C@H](CC(C)C)C2)cc(OCC=O)c1. The fraction of sp³-hybridized carbons (Fsp3) is 0.500. The molecule has 1 atom stereocenters. The highest BCUT2D eigenvalue weighted by Gasteiger charge is 2.32. The summed E-state index contributed by atoms with van der Waals surface area (Å²) in [6.45, 7) is 9.31. The highest BCUT2D eigenvalue weighted by Crippen LogP contribution is 2.31. The van der Waals surface area contributed by atoms with E-state index in [1.807, 2.05) is 19.1 Å². The van der Waals surface area contributed by atoms with Crippen molar-refractivity contribution in [1.82, 2.24) is 9.88 Å². The van der Waals surface area contributed by atoms with Crippen LogP contribution in [0.15, 0.2) is 36.5 Å². The number of hydrogen-bond acceptors (Lipinski definition) is 5. The van der Waals surface area contributed by atoms with Crippen LogP contribution >= 0.6 is 0 Å². The van der Waals surface area contributed by atoms with Gasteiger partial charge in [-0.25, -0.2) is 4.98 Å². The van der Waals surface area contributed by atoms with Crippen molar-refractivity contribution in [2.24, 2.45) is 5.92 Å². The number of carbonyl (C=O) groups excluding carboxylic acids is 1. The summed E-state index contributed by atoms with van der Waals surface area (Å²) in [5.74, 6) is 1.71.